The van der Waals surface area contributed by atoms with Gasteiger partial charge in [0.1, 0.15) is 0 Å². The summed E-state index contributed by atoms with van der Waals surface area (Å²) in [4.78, 5) is 10.2. The van der Waals surface area contributed by atoms with Crippen molar-refractivity contribution >= 4 is 11.4 Å². The van der Waals surface area contributed by atoms with E-state index in [1.54, 1.807) is 0 Å². The minimum atomic E-state index is -0.436. The number of nitrogen functional groups attached to an aromatic ring is 1. The fraction of sp³-hybridized carbons (Fsp3) is 0.500. The molecule has 1 aromatic rings. The van der Waals surface area contributed by atoms with Gasteiger partial charge in [-0.3, -0.25) is 10.1 Å². The van der Waals surface area contributed by atoms with Gasteiger partial charge in [0, 0.05) is 23.4 Å². The van der Waals surface area contributed by atoms with Crippen LogP contribution in [0.15, 0.2) is 18.2 Å². The van der Waals surface area contributed by atoms with Crippen LogP contribution in [0.1, 0.15) is 26.3 Å². The number of ether oxygens (including phenoxy) is 1. The minimum Gasteiger partial charge on any atom is -0.398 e. The zero-order valence-corrected chi connectivity index (χ0v) is 10.3. The van der Waals surface area contributed by atoms with Crippen LogP contribution in [-0.2, 0) is 11.3 Å². The SMILES string of the molecule is CC(C)C(C)OCc1cc([N+](=O)[O-])ccc1N. The molecular weight excluding hydrogens is 220 g/mol. The van der Waals surface area contributed by atoms with Crippen LogP contribution in [-0.4, -0.2) is 11.0 Å². The summed E-state index contributed by atoms with van der Waals surface area (Å²) in [5, 5.41) is 10.6. The Morgan fingerprint density at radius 1 is 1.41 bits per heavy atom. The summed E-state index contributed by atoms with van der Waals surface area (Å²) >= 11 is 0. The van der Waals surface area contributed by atoms with Gasteiger partial charge in [0.05, 0.1) is 17.6 Å². The Morgan fingerprint density at radius 3 is 2.59 bits per heavy atom. The van der Waals surface area contributed by atoms with E-state index < -0.39 is 4.92 Å². The average molecular weight is 238 g/mol. The predicted octanol–water partition coefficient (Wildman–Crippen LogP) is 2.74. The van der Waals surface area contributed by atoms with Crippen LogP contribution >= 0.6 is 0 Å². The van der Waals surface area contributed by atoms with Crippen molar-refractivity contribution in [2.75, 3.05) is 5.73 Å². The number of anilines is 1. The second-order valence-corrected chi connectivity index (χ2v) is 4.40. The van der Waals surface area contributed by atoms with Gasteiger partial charge in [-0.25, -0.2) is 0 Å². The van der Waals surface area contributed by atoms with Crippen LogP contribution in [0, 0.1) is 16.0 Å². The number of hydrogen-bond acceptors (Lipinski definition) is 4. The molecule has 17 heavy (non-hydrogen) atoms. The van der Waals surface area contributed by atoms with E-state index in [4.69, 9.17) is 10.5 Å². The van der Waals surface area contributed by atoms with Gasteiger partial charge in [0.25, 0.3) is 5.69 Å². The van der Waals surface area contributed by atoms with Gasteiger partial charge < -0.3 is 10.5 Å². The highest BCUT2D eigenvalue weighted by molar-refractivity contribution is 5.52. The number of non-ortho nitro benzene ring substituents is 1. The Bertz CT molecular complexity index is 405. The van der Waals surface area contributed by atoms with Crippen molar-refractivity contribution in [2.24, 2.45) is 5.92 Å². The molecule has 1 unspecified atom stereocenters. The summed E-state index contributed by atoms with van der Waals surface area (Å²) in [6, 6.07) is 4.39. The Labute approximate surface area is 101 Å². The normalized spacial score (nSPS) is 12.7. The molecule has 0 bridgehead atoms. The molecule has 5 heteroatoms. The van der Waals surface area contributed by atoms with Crippen molar-refractivity contribution in [1.82, 2.24) is 0 Å². The molecule has 0 amide bonds. The summed E-state index contributed by atoms with van der Waals surface area (Å²) < 4.78 is 5.60. The molecule has 94 valence electrons. The van der Waals surface area contributed by atoms with Crippen molar-refractivity contribution in [3.63, 3.8) is 0 Å². The highest BCUT2D eigenvalue weighted by Gasteiger charge is 2.12. The average Bonchev–Trinajstić information content (AvgIpc) is 2.26. The van der Waals surface area contributed by atoms with Crippen molar-refractivity contribution in [2.45, 2.75) is 33.5 Å². The maximum atomic E-state index is 10.6. The summed E-state index contributed by atoms with van der Waals surface area (Å²) in [6.45, 7) is 6.38. The lowest BCUT2D eigenvalue weighted by molar-refractivity contribution is -0.384. The molecule has 1 atom stereocenters. The first kappa shape index (κ1) is 13.4. The molecule has 0 fully saturated rings. The lowest BCUT2D eigenvalue weighted by Crippen LogP contribution is -2.15. The Morgan fingerprint density at radius 2 is 2.06 bits per heavy atom. The first-order valence-electron chi connectivity index (χ1n) is 5.56. The summed E-state index contributed by atoms with van der Waals surface area (Å²) in [6.07, 6.45) is 0.0914. The summed E-state index contributed by atoms with van der Waals surface area (Å²) in [5.74, 6) is 0.398. The number of nitrogens with two attached hydrogens (primary N) is 1. The van der Waals surface area contributed by atoms with E-state index in [-0.39, 0.29) is 11.8 Å². The van der Waals surface area contributed by atoms with E-state index >= 15 is 0 Å². The maximum absolute atomic E-state index is 10.6. The zero-order valence-electron chi connectivity index (χ0n) is 10.3. The van der Waals surface area contributed by atoms with Gasteiger partial charge in [0.15, 0.2) is 0 Å². The van der Waals surface area contributed by atoms with Crippen LogP contribution < -0.4 is 5.73 Å². The number of benzene rings is 1. The van der Waals surface area contributed by atoms with Crippen LogP contribution in [0.5, 0.6) is 0 Å². The summed E-state index contributed by atoms with van der Waals surface area (Å²) in [7, 11) is 0. The van der Waals surface area contributed by atoms with Crippen LogP contribution in [0.3, 0.4) is 0 Å². The Balaban J connectivity index is 2.76. The standard InChI is InChI=1S/C12H18N2O3/c1-8(2)9(3)17-7-10-6-11(14(15)16)4-5-12(10)13/h4-6,8-9H,7,13H2,1-3H3. The van der Waals surface area contributed by atoms with Gasteiger partial charge >= 0.3 is 0 Å². The van der Waals surface area contributed by atoms with Crippen LogP contribution in [0.25, 0.3) is 0 Å². The monoisotopic (exact) mass is 238 g/mol. The third-order valence-electron chi connectivity index (χ3n) is 2.78. The molecule has 0 spiro atoms. The molecule has 0 aromatic heterocycles. The van der Waals surface area contributed by atoms with Gasteiger partial charge in [-0.2, -0.15) is 0 Å². The molecule has 0 saturated heterocycles. The van der Waals surface area contributed by atoms with E-state index in [2.05, 4.69) is 13.8 Å². The third kappa shape index (κ3) is 3.71. The number of rotatable bonds is 5. The van der Waals surface area contributed by atoms with Gasteiger partial charge in [0.2, 0.25) is 0 Å². The number of nitro groups is 1. The first-order valence-corrected chi connectivity index (χ1v) is 5.56. The quantitative estimate of drug-likeness (QED) is 0.486. The number of nitrogens with zero attached hydrogens (tertiary/aromatic N) is 1. The number of hydrogen-bond donors (Lipinski definition) is 1. The van der Waals surface area contributed by atoms with Gasteiger partial charge in [-0.1, -0.05) is 13.8 Å². The fourth-order valence-electron chi connectivity index (χ4n) is 1.24. The smallest absolute Gasteiger partial charge is 0.269 e. The lowest BCUT2D eigenvalue weighted by Gasteiger charge is -2.17. The number of nitro benzene ring substituents is 1. The molecule has 0 heterocycles. The second-order valence-electron chi connectivity index (χ2n) is 4.40. The van der Waals surface area contributed by atoms with Crippen LogP contribution in [0.4, 0.5) is 11.4 Å². The first-order chi connectivity index (χ1) is 7.91. The van der Waals surface area contributed by atoms with Crippen molar-refractivity contribution in [1.29, 1.82) is 0 Å². The van der Waals surface area contributed by atoms with E-state index in [1.165, 1.54) is 18.2 Å². The van der Waals surface area contributed by atoms with Crippen molar-refractivity contribution in [3.05, 3.63) is 33.9 Å². The molecule has 0 aliphatic heterocycles. The third-order valence-corrected chi connectivity index (χ3v) is 2.78. The van der Waals surface area contributed by atoms with E-state index in [0.29, 0.717) is 23.8 Å². The second kappa shape index (κ2) is 5.63. The summed E-state index contributed by atoms with van der Waals surface area (Å²) in [5.41, 5.74) is 6.97. The molecule has 0 aliphatic rings. The fourth-order valence-corrected chi connectivity index (χ4v) is 1.24. The molecular formula is C12H18N2O3. The lowest BCUT2D eigenvalue weighted by atomic mass is 10.1. The Hall–Kier alpha value is -1.62. The molecule has 0 aliphatic carbocycles. The molecule has 1 aromatic carbocycles. The zero-order chi connectivity index (χ0) is 13.0. The molecule has 1 rings (SSSR count). The van der Waals surface area contributed by atoms with Crippen molar-refractivity contribution < 1.29 is 9.66 Å². The maximum Gasteiger partial charge on any atom is 0.269 e. The van der Waals surface area contributed by atoms with Crippen molar-refractivity contribution in [3.8, 4) is 0 Å². The highest BCUT2D eigenvalue weighted by atomic mass is 16.6. The van der Waals surface area contributed by atoms with E-state index in [1.807, 2.05) is 6.92 Å². The van der Waals surface area contributed by atoms with Gasteiger partial charge in [-0.05, 0) is 18.9 Å². The minimum absolute atomic E-state index is 0.0370. The molecule has 0 radical (unpaired) electrons. The topological polar surface area (TPSA) is 78.4 Å². The van der Waals surface area contributed by atoms with Crippen LogP contribution in [0.2, 0.25) is 0 Å². The Kier molecular flexibility index (Phi) is 4.45. The molecule has 2 N–H and O–H groups in total. The van der Waals surface area contributed by atoms with E-state index in [9.17, 15) is 10.1 Å². The van der Waals surface area contributed by atoms with E-state index in [0.717, 1.165) is 0 Å². The van der Waals surface area contributed by atoms with Gasteiger partial charge in [-0.15, -0.1) is 0 Å². The largest absolute Gasteiger partial charge is 0.398 e. The molecule has 5 nitrogen and oxygen atoms in total. The highest BCUT2D eigenvalue weighted by Crippen LogP contribution is 2.21. The molecule has 0 saturated carbocycles. The predicted molar refractivity (Wildman–Crippen MR) is 66.6 cm³/mol.